The number of hydrogen-bond acceptors (Lipinski definition) is 5. The second-order valence-electron chi connectivity index (χ2n) is 9.29. The molecule has 2 N–H and O–H groups in total. The van der Waals surface area contributed by atoms with Crippen LogP contribution in [0.15, 0.2) is 48.5 Å². The van der Waals surface area contributed by atoms with Gasteiger partial charge in [0, 0.05) is 33.8 Å². The lowest BCUT2D eigenvalue weighted by Crippen LogP contribution is -2.46. The average Bonchev–Trinajstić information content (AvgIpc) is 3.29. The van der Waals surface area contributed by atoms with Gasteiger partial charge in [0.05, 0.1) is 35.7 Å². The highest BCUT2D eigenvalue weighted by atomic mass is 16.2. The van der Waals surface area contributed by atoms with E-state index in [2.05, 4.69) is 15.6 Å². The normalized spacial score (nSPS) is 20.1. The highest BCUT2D eigenvalue weighted by Gasteiger charge is 2.46. The van der Waals surface area contributed by atoms with Gasteiger partial charge in [0.1, 0.15) is 5.82 Å². The van der Waals surface area contributed by atoms with E-state index in [0.29, 0.717) is 12.1 Å². The minimum atomic E-state index is -0.543. The Balaban J connectivity index is 1.62. The van der Waals surface area contributed by atoms with Gasteiger partial charge in [-0.2, -0.15) is 0 Å². The third-order valence-corrected chi connectivity index (χ3v) is 6.59. The highest BCUT2D eigenvalue weighted by molar-refractivity contribution is 5.95. The number of rotatable bonds is 6. The highest BCUT2D eigenvalue weighted by Crippen LogP contribution is 2.37. The summed E-state index contributed by atoms with van der Waals surface area (Å²) in [5.74, 6) is 0.382. The van der Waals surface area contributed by atoms with Crippen molar-refractivity contribution >= 4 is 34.4 Å². The Hall–Kier alpha value is -3.72. The van der Waals surface area contributed by atoms with Crippen LogP contribution >= 0.6 is 0 Å². The van der Waals surface area contributed by atoms with Gasteiger partial charge in [-0.1, -0.05) is 30.3 Å². The molecule has 0 aliphatic carbocycles. The quantitative estimate of drug-likeness (QED) is 0.568. The lowest BCUT2D eigenvalue weighted by atomic mass is 9.99. The van der Waals surface area contributed by atoms with Crippen LogP contribution in [0, 0.1) is 6.92 Å². The summed E-state index contributed by atoms with van der Waals surface area (Å²) < 4.78 is 2.00. The molecule has 0 saturated carbocycles. The second-order valence-corrected chi connectivity index (χ2v) is 9.29. The third kappa shape index (κ3) is 5.05. The van der Waals surface area contributed by atoms with Gasteiger partial charge in [-0.25, -0.2) is 4.98 Å². The Morgan fingerprint density at radius 3 is 2.49 bits per heavy atom. The number of aromatic nitrogens is 2. The fourth-order valence-electron chi connectivity index (χ4n) is 4.92. The number of aryl methyl sites for hydroxylation is 2. The number of fused-ring (bicyclic) bond motifs is 1. The molecule has 4 rings (SSSR count). The molecule has 3 aromatic rings. The molecular formula is C26H32N6O3. The van der Waals surface area contributed by atoms with Gasteiger partial charge in [-0.15, -0.1) is 0 Å². The number of benzene rings is 2. The molecule has 1 aromatic heterocycles. The first-order chi connectivity index (χ1) is 16.7. The van der Waals surface area contributed by atoms with Crippen molar-refractivity contribution in [3.63, 3.8) is 0 Å². The van der Waals surface area contributed by atoms with Crippen molar-refractivity contribution in [2.45, 2.75) is 38.4 Å². The first-order valence-electron chi connectivity index (χ1n) is 11.7. The minimum absolute atomic E-state index is 0.000818. The molecular weight excluding hydrogens is 444 g/mol. The van der Waals surface area contributed by atoms with Crippen LogP contribution in [0.1, 0.15) is 30.8 Å². The molecule has 2 aromatic carbocycles. The van der Waals surface area contributed by atoms with Gasteiger partial charge in [-0.05, 0) is 37.1 Å². The maximum Gasteiger partial charge on any atom is 0.239 e. The number of carbonyl (C=O) groups excluding carboxylic acids is 3. The number of anilines is 1. The maximum absolute atomic E-state index is 13.2. The van der Waals surface area contributed by atoms with Crippen molar-refractivity contribution in [2.75, 3.05) is 26.0 Å². The number of hydrogen-bond donors (Lipinski definition) is 2. The van der Waals surface area contributed by atoms with E-state index in [0.717, 1.165) is 22.4 Å². The predicted molar refractivity (Wildman–Crippen MR) is 135 cm³/mol. The summed E-state index contributed by atoms with van der Waals surface area (Å²) in [4.78, 5) is 46.3. The van der Waals surface area contributed by atoms with Crippen molar-refractivity contribution in [2.24, 2.45) is 7.05 Å². The van der Waals surface area contributed by atoms with Gasteiger partial charge in [-0.3, -0.25) is 19.3 Å². The van der Waals surface area contributed by atoms with Crippen LogP contribution in [0.5, 0.6) is 0 Å². The smallest absolute Gasteiger partial charge is 0.239 e. The number of nitrogens with one attached hydrogen (secondary N) is 2. The molecule has 184 valence electrons. The number of likely N-dealkylation sites (N-methyl/N-ethyl adjacent to an activating group) is 1. The van der Waals surface area contributed by atoms with Crippen LogP contribution in [-0.4, -0.2) is 69.8 Å². The van der Waals surface area contributed by atoms with Crippen molar-refractivity contribution in [3.8, 4) is 0 Å². The molecule has 1 aliphatic heterocycles. The Bertz CT molecular complexity index is 1250. The zero-order chi connectivity index (χ0) is 25.3. The van der Waals surface area contributed by atoms with Crippen molar-refractivity contribution in [1.82, 2.24) is 24.7 Å². The van der Waals surface area contributed by atoms with Crippen LogP contribution in [0.25, 0.3) is 11.0 Å². The largest absolute Gasteiger partial charge is 0.352 e. The van der Waals surface area contributed by atoms with E-state index in [9.17, 15) is 14.4 Å². The molecule has 1 saturated heterocycles. The van der Waals surface area contributed by atoms with E-state index in [-0.39, 0.29) is 36.3 Å². The van der Waals surface area contributed by atoms with E-state index < -0.39 is 6.04 Å². The predicted octanol–water partition coefficient (Wildman–Crippen LogP) is 2.23. The summed E-state index contributed by atoms with van der Waals surface area (Å²) in [6, 6.07) is 14.1. The van der Waals surface area contributed by atoms with Gasteiger partial charge in [0.15, 0.2) is 0 Å². The summed E-state index contributed by atoms with van der Waals surface area (Å²) in [7, 11) is 5.36. The summed E-state index contributed by atoms with van der Waals surface area (Å²) >= 11 is 0. The zero-order valence-electron chi connectivity index (χ0n) is 20.8. The number of likely N-dealkylation sites (tertiary alicyclic amines) is 1. The number of imidazole rings is 1. The van der Waals surface area contributed by atoms with E-state index in [1.54, 1.807) is 14.1 Å². The molecule has 0 radical (unpaired) electrons. The number of carbonyl (C=O) groups is 3. The van der Waals surface area contributed by atoms with Crippen molar-refractivity contribution in [3.05, 3.63) is 59.9 Å². The maximum atomic E-state index is 13.2. The monoisotopic (exact) mass is 476 g/mol. The molecule has 3 amide bonds. The lowest BCUT2D eigenvalue weighted by Gasteiger charge is -2.31. The number of nitrogens with zero attached hydrogens (tertiary/aromatic N) is 4. The summed E-state index contributed by atoms with van der Waals surface area (Å²) in [5.41, 5.74) is 3.37. The lowest BCUT2D eigenvalue weighted by molar-refractivity contribution is -0.134. The molecule has 0 unspecified atom stereocenters. The topological polar surface area (TPSA) is 99.6 Å². The van der Waals surface area contributed by atoms with E-state index in [4.69, 9.17) is 0 Å². The number of amides is 3. The molecule has 3 atom stereocenters. The van der Waals surface area contributed by atoms with Crippen LogP contribution in [-0.2, 0) is 21.4 Å². The summed E-state index contributed by atoms with van der Waals surface area (Å²) in [5, 5.41) is 5.97. The van der Waals surface area contributed by atoms with Crippen LogP contribution in [0.2, 0.25) is 0 Å². The summed E-state index contributed by atoms with van der Waals surface area (Å²) in [6.45, 7) is 3.40. The van der Waals surface area contributed by atoms with E-state index in [1.165, 1.54) is 11.8 Å². The molecule has 0 bridgehead atoms. The fraction of sp³-hybridized carbons (Fsp3) is 0.385. The molecule has 0 spiro atoms. The van der Waals surface area contributed by atoms with Crippen LogP contribution < -0.4 is 10.6 Å². The van der Waals surface area contributed by atoms with Gasteiger partial charge in [0.25, 0.3) is 0 Å². The Labute approximate surface area is 205 Å². The van der Waals surface area contributed by atoms with Crippen molar-refractivity contribution in [1.29, 1.82) is 0 Å². The first-order valence-corrected chi connectivity index (χ1v) is 11.7. The molecule has 1 fully saturated rings. The molecule has 2 heterocycles. The van der Waals surface area contributed by atoms with Crippen molar-refractivity contribution < 1.29 is 14.4 Å². The van der Waals surface area contributed by atoms with E-state index in [1.807, 2.05) is 72.0 Å². The van der Waals surface area contributed by atoms with E-state index >= 15 is 0 Å². The average molecular weight is 477 g/mol. The van der Waals surface area contributed by atoms with Crippen LogP contribution in [0.4, 0.5) is 5.69 Å². The standard InChI is InChI=1S/C26H32N6O3/c1-16-27-20-13-19(11-12-22(20)31(16)5)29-24(34)15-32-23(26(35)30(3)4)14-21(28-17(2)33)25(32)18-9-7-6-8-10-18/h6-13,21,23,25H,14-15H2,1-5H3,(H,28,33)(H,29,34)/t21-,23-,25-/m0/s1. The Kier molecular flexibility index (Phi) is 6.88. The zero-order valence-corrected chi connectivity index (χ0v) is 20.8. The first kappa shape index (κ1) is 24.4. The van der Waals surface area contributed by atoms with Gasteiger partial charge in [0.2, 0.25) is 17.7 Å². The molecule has 9 nitrogen and oxygen atoms in total. The second kappa shape index (κ2) is 9.87. The molecule has 1 aliphatic rings. The minimum Gasteiger partial charge on any atom is -0.352 e. The summed E-state index contributed by atoms with van der Waals surface area (Å²) in [6.07, 6.45) is 0.419. The van der Waals surface area contributed by atoms with Crippen LogP contribution in [0.3, 0.4) is 0 Å². The molecule has 35 heavy (non-hydrogen) atoms. The Morgan fingerprint density at radius 2 is 1.83 bits per heavy atom. The fourth-order valence-corrected chi connectivity index (χ4v) is 4.92. The van der Waals surface area contributed by atoms with Gasteiger partial charge >= 0.3 is 0 Å². The molecule has 9 heteroatoms. The SMILES string of the molecule is CC(=O)N[C@H]1C[C@@H](C(=O)N(C)C)N(CC(=O)Nc2ccc3c(c2)nc(C)n3C)[C@H]1c1ccccc1. The van der Waals surface area contributed by atoms with Gasteiger partial charge < -0.3 is 20.1 Å². The Morgan fingerprint density at radius 1 is 1.11 bits per heavy atom. The third-order valence-electron chi connectivity index (χ3n) is 6.59.